The second-order valence-corrected chi connectivity index (χ2v) is 7.25. The van der Waals surface area contributed by atoms with E-state index in [0.717, 1.165) is 37.3 Å². The number of aromatic nitrogens is 4. The van der Waals surface area contributed by atoms with Gasteiger partial charge in [0.2, 0.25) is 5.91 Å². The number of H-pyrrole nitrogens is 2. The summed E-state index contributed by atoms with van der Waals surface area (Å²) in [5, 5.41) is 7.49. The van der Waals surface area contributed by atoms with Gasteiger partial charge in [-0.2, -0.15) is 5.10 Å². The average Bonchev–Trinajstić information content (AvgIpc) is 3.30. The summed E-state index contributed by atoms with van der Waals surface area (Å²) < 4.78 is 2.11. The molecule has 8 nitrogen and oxygen atoms in total. The van der Waals surface area contributed by atoms with Gasteiger partial charge in [-0.05, 0) is 44.5 Å². The Balaban J connectivity index is 1.30. The summed E-state index contributed by atoms with van der Waals surface area (Å²) in [4.78, 5) is 31.3. The first-order valence-corrected chi connectivity index (χ1v) is 9.25. The van der Waals surface area contributed by atoms with Crippen molar-refractivity contribution in [2.75, 3.05) is 25.0 Å². The van der Waals surface area contributed by atoms with Crippen LogP contribution < -0.4 is 11.0 Å². The third-order valence-corrected chi connectivity index (χ3v) is 5.09. The van der Waals surface area contributed by atoms with Crippen molar-refractivity contribution in [1.82, 2.24) is 24.6 Å². The Hall–Kier alpha value is -2.87. The van der Waals surface area contributed by atoms with Crippen molar-refractivity contribution in [3.05, 3.63) is 46.1 Å². The van der Waals surface area contributed by atoms with Crippen molar-refractivity contribution in [3.8, 4) is 0 Å². The van der Waals surface area contributed by atoms with Gasteiger partial charge >= 0.3 is 5.69 Å². The molecular formula is C19H24N6O2. The maximum Gasteiger partial charge on any atom is 0.323 e. The van der Waals surface area contributed by atoms with Gasteiger partial charge in [0.15, 0.2) is 0 Å². The highest BCUT2D eigenvalue weighted by Crippen LogP contribution is 2.23. The fraction of sp³-hybridized carbons (Fsp3) is 0.421. The molecule has 0 unspecified atom stereocenters. The van der Waals surface area contributed by atoms with E-state index in [1.807, 2.05) is 6.92 Å². The number of aryl methyl sites for hydroxylation is 2. The summed E-state index contributed by atoms with van der Waals surface area (Å²) in [5.74, 6) is -0.0261. The number of hydrogen-bond donors (Lipinski definition) is 3. The highest BCUT2D eigenvalue weighted by molar-refractivity contribution is 5.93. The summed E-state index contributed by atoms with van der Waals surface area (Å²) >= 11 is 0. The molecule has 0 spiro atoms. The lowest BCUT2D eigenvalue weighted by Gasteiger charge is -2.17. The van der Waals surface area contributed by atoms with Gasteiger partial charge < -0.3 is 20.2 Å². The minimum atomic E-state index is -0.250. The van der Waals surface area contributed by atoms with Crippen molar-refractivity contribution in [2.45, 2.75) is 32.7 Å². The van der Waals surface area contributed by atoms with E-state index in [-0.39, 0.29) is 11.6 Å². The molecule has 1 aliphatic heterocycles. The van der Waals surface area contributed by atoms with Crippen LogP contribution in [0, 0.1) is 13.8 Å². The van der Waals surface area contributed by atoms with Gasteiger partial charge in [-0.25, -0.2) is 4.79 Å². The van der Waals surface area contributed by atoms with Gasteiger partial charge in [0.05, 0.1) is 22.8 Å². The number of rotatable bonds is 5. The first-order chi connectivity index (χ1) is 13.0. The van der Waals surface area contributed by atoms with Crippen LogP contribution in [0.2, 0.25) is 0 Å². The summed E-state index contributed by atoms with van der Waals surface area (Å²) in [6.45, 7) is 6.73. The number of benzene rings is 1. The molecule has 0 saturated carbocycles. The molecule has 3 heterocycles. The first kappa shape index (κ1) is 17.5. The van der Waals surface area contributed by atoms with Crippen LogP contribution >= 0.6 is 0 Å². The number of carbonyl (C=O) groups is 1. The van der Waals surface area contributed by atoms with Crippen LogP contribution in [0.4, 0.5) is 5.69 Å². The van der Waals surface area contributed by atoms with Crippen LogP contribution in [0.15, 0.2) is 29.1 Å². The van der Waals surface area contributed by atoms with E-state index in [1.54, 1.807) is 18.2 Å². The van der Waals surface area contributed by atoms with Crippen molar-refractivity contribution in [2.24, 2.45) is 0 Å². The standard InChI is InChI=1S/C19H24N6O2/c1-12-9-13(2)25(23-12)15-5-7-24(11-15)8-6-18(26)20-14-3-4-16-17(10-14)22-19(27)21-16/h3-4,9-10,15H,5-8,11H2,1-2H3,(H,20,26)(H2,21,22,27)/t15-/m0/s1. The maximum atomic E-state index is 12.3. The predicted octanol–water partition coefficient (Wildman–Crippen LogP) is 1.95. The quantitative estimate of drug-likeness (QED) is 0.641. The van der Waals surface area contributed by atoms with Crippen LogP contribution in [-0.4, -0.2) is 50.2 Å². The number of anilines is 1. The molecule has 0 aliphatic carbocycles. The van der Waals surface area contributed by atoms with Crippen molar-refractivity contribution < 1.29 is 4.79 Å². The van der Waals surface area contributed by atoms with Gasteiger partial charge in [-0.15, -0.1) is 0 Å². The molecule has 3 N–H and O–H groups in total. The third kappa shape index (κ3) is 3.80. The molecule has 142 valence electrons. The Morgan fingerprint density at radius 3 is 2.85 bits per heavy atom. The molecule has 0 radical (unpaired) electrons. The Morgan fingerprint density at radius 2 is 2.07 bits per heavy atom. The highest BCUT2D eigenvalue weighted by atomic mass is 16.1. The maximum absolute atomic E-state index is 12.3. The predicted molar refractivity (Wildman–Crippen MR) is 104 cm³/mol. The van der Waals surface area contributed by atoms with Gasteiger partial charge in [-0.3, -0.25) is 9.48 Å². The molecule has 1 amide bonds. The summed E-state index contributed by atoms with van der Waals surface area (Å²) in [5.41, 5.74) is 4.08. The number of aromatic amines is 2. The zero-order valence-electron chi connectivity index (χ0n) is 15.6. The zero-order valence-corrected chi connectivity index (χ0v) is 15.6. The molecule has 1 fully saturated rings. The molecule has 2 aromatic heterocycles. The number of nitrogens with zero attached hydrogens (tertiary/aromatic N) is 3. The van der Waals surface area contributed by atoms with E-state index in [2.05, 4.69) is 43.0 Å². The van der Waals surface area contributed by atoms with E-state index in [1.165, 1.54) is 5.69 Å². The van der Waals surface area contributed by atoms with Gasteiger partial charge in [0.1, 0.15) is 0 Å². The topological polar surface area (TPSA) is 98.8 Å². The van der Waals surface area contributed by atoms with Crippen LogP contribution in [-0.2, 0) is 4.79 Å². The molecule has 1 aromatic carbocycles. The fourth-order valence-corrected chi connectivity index (χ4v) is 3.82. The van der Waals surface area contributed by atoms with Crippen LogP contribution in [0.5, 0.6) is 0 Å². The second kappa shape index (κ2) is 7.03. The monoisotopic (exact) mass is 368 g/mol. The van der Waals surface area contributed by atoms with Crippen molar-refractivity contribution in [3.63, 3.8) is 0 Å². The fourth-order valence-electron chi connectivity index (χ4n) is 3.82. The average molecular weight is 368 g/mol. The molecule has 0 bridgehead atoms. The number of nitrogens with one attached hydrogen (secondary N) is 3. The van der Waals surface area contributed by atoms with E-state index in [0.29, 0.717) is 23.7 Å². The van der Waals surface area contributed by atoms with Gasteiger partial charge in [0, 0.05) is 37.4 Å². The van der Waals surface area contributed by atoms with Crippen molar-refractivity contribution >= 4 is 22.6 Å². The third-order valence-electron chi connectivity index (χ3n) is 5.09. The SMILES string of the molecule is Cc1cc(C)n([C@H]2CCN(CCC(=O)Nc3ccc4[nH]c(=O)[nH]c4c3)C2)n1. The molecule has 4 rings (SSSR count). The molecule has 27 heavy (non-hydrogen) atoms. The van der Waals surface area contributed by atoms with E-state index in [9.17, 15) is 9.59 Å². The van der Waals surface area contributed by atoms with Crippen LogP contribution in [0.1, 0.15) is 30.3 Å². The van der Waals surface area contributed by atoms with E-state index >= 15 is 0 Å². The Bertz CT molecular complexity index is 1030. The number of carbonyl (C=O) groups excluding carboxylic acids is 1. The molecular weight excluding hydrogens is 344 g/mol. The number of hydrogen-bond acceptors (Lipinski definition) is 4. The van der Waals surface area contributed by atoms with Gasteiger partial charge in [-0.1, -0.05) is 0 Å². The number of imidazole rings is 1. The smallest absolute Gasteiger partial charge is 0.323 e. The normalized spacial score (nSPS) is 17.6. The first-order valence-electron chi connectivity index (χ1n) is 9.25. The van der Waals surface area contributed by atoms with Gasteiger partial charge in [0.25, 0.3) is 0 Å². The highest BCUT2D eigenvalue weighted by Gasteiger charge is 2.25. The Kier molecular flexibility index (Phi) is 4.57. The van der Waals surface area contributed by atoms with E-state index in [4.69, 9.17) is 0 Å². The lowest BCUT2D eigenvalue weighted by molar-refractivity contribution is -0.116. The second-order valence-electron chi connectivity index (χ2n) is 7.25. The number of likely N-dealkylation sites (tertiary alicyclic amines) is 1. The lowest BCUT2D eigenvalue weighted by atomic mass is 10.2. The lowest BCUT2D eigenvalue weighted by Crippen LogP contribution is -2.26. The largest absolute Gasteiger partial charge is 0.326 e. The summed E-state index contributed by atoms with van der Waals surface area (Å²) in [6, 6.07) is 7.82. The molecule has 1 aliphatic rings. The van der Waals surface area contributed by atoms with Crippen LogP contribution in [0.3, 0.4) is 0 Å². The Labute approximate surface area is 156 Å². The van der Waals surface area contributed by atoms with Crippen molar-refractivity contribution in [1.29, 1.82) is 0 Å². The molecule has 3 aromatic rings. The summed E-state index contributed by atoms with van der Waals surface area (Å²) in [7, 11) is 0. The minimum absolute atomic E-state index is 0.0261. The molecule has 1 saturated heterocycles. The summed E-state index contributed by atoms with van der Waals surface area (Å²) in [6.07, 6.45) is 1.49. The number of fused-ring (bicyclic) bond motifs is 1. The Morgan fingerprint density at radius 1 is 1.26 bits per heavy atom. The molecule has 8 heteroatoms. The van der Waals surface area contributed by atoms with E-state index < -0.39 is 0 Å². The van der Waals surface area contributed by atoms with Crippen LogP contribution in [0.25, 0.3) is 11.0 Å². The number of amides is 1. The minimum Gasteiger partial charge on any atom is -0.326 e. The zero-order chi connectivity index (χ0) is 19.0. The molecule has 1 atom stereocenters.